The molecule has 0 radical (unpaired) electrons. The first-order valence-corrected chi connectivity index (χ1v) is 6.32. The van der Waals surface area contributed by atoms with Crippen LogP contribution >= 0.6 is 0 Å². The average molecular weight is 229 g/mol. The molecule has 0 aliphatic carbocycles. The molecule has 0 aliphatic rings. The van der Waals surface area contributed by atoms with Gasteiger partial charge in [0.15, 0.2) is 9.84 Å². The van der Waals surface area contributed by atoms with E-state index in [9.17, 15) is 8.42 Å². The molecule has 0 aliphatic heterocycles. The van der Waals surface area contributed by atoms with Gasteiger partial charge < -0.3 is 4.84 Å². The molecule has 0 fully saturated rings. The van der Waals surface area contributed by atoms with Crippen molar-refractivity contribution in [2.24, 2.45) is 5.90 Å². The zero-order valence-electron chi connectivity index (χ0n) is 8.64. The van der Waals surface area contributed by atoms with E-state index in [-0.39, 0.29) is 12.4 Å². The quantitative estimate of drug-likeness (QED) is 0.605. The standard InChI is InChI=1S/C10H15NO3S/c1-9-3-5-10(6-4-9)15(12,13)8-2-7-14-11/h3-6H,2,7-8,11H2,1H3. The van der Waals surface area contributed by atoms with Crippen molar-refractivity contribution >= 4 is 9.84 Å². The third kappa shape index (κ3) is 3.62. The van der Waals surface area contributed by atoms with E-state index < -0.39 is 9.84 Å². The van der Waals surface area contributed by atoms with E-state index in [1.807, 2.05) is 6.92 Å². The minimum absolute atomic E-state index is 0.0628. The highest BCUT2D eigenvalue weighted by atomic mass is 32.2. The second kappa shape index (κ2) is 5.25. The van der Waals surface area contributed by atoms with Gasteiger partial charge in [0, 0.05) is 0 Å². The molecule has 1 rings (SSSR count). The third-order valence-electron chi connectivity index (χ3n) is 2.06. The smallest absolute Gasteiger partial charge is 0.178 e. The second-order valence-corrected chi connectivity index (χ2v) is 5.47. The Balaban J connectivity index is 2.73. The summed E-state index contributed by atoms with van der Waals surface area (Å²) in [5.41, 5.74) is 1.04. The first-order chi connectivity index (χ1) is 7.06. The molecular weight excluding hydrogens is 214 g/mol. The fourth-order valence-electron chi connectivity index (χ4n) is 1.20. The van der Waals surface area contributed by atoms with Crippen molar-refractivity contribution in [3.63, 3.8) is 0 Å². The maximum absolute atomic E-state index is 11.7. The topological polar surface area (TPSA) is 69.4 Å². The molecule has 0 aromatic heterocycles. The molecule has 0 unspecified atom stereocenters. The molecule has 0 bridgehead atoms. The normalized spacial score (nSPS) is 11.6. The molecule has 4 nitrogen and oxygen atoms in total. The van der Waals surface area contributed by atoms with Crippen molar-refractivity contribution in [2.75, 3.05) is 12.4 Å². The van der Waals surface area contributed by atoms with Gasteiger partial charge in [-0.05, 0) is 25.5 Å². The fraction of sp³-hybridized carbons (Fsp3) is 0.400. The summed E-state index contributed by atoms with van der Waals surface area (Å²) in [5, 5.41) is 0. The van der Waals surface area contributed by atoms with Gasteiger partial charge in [-0.1, -0.05) is 17.7 Å². The molecule has 5 heteroatoms. The Labute approximate surface area is 89.9 Å². The highest BCUT2D eigenvalue weighted by Gasteiger charge is 2.13. The van der Waals surface area contributed by atoms with Crippen molar-refractivity contribution < 1.29 is 13.3 Å². The van der Waals surface area contributed by atoms with Crippen molar-refractivity contribution in [1.82, 2.24) is 0 Å². The summed E-state index contributed by atoms with van der Waals surface area (Å²) in [6.45, 7) is 2.17. The number of rotatable bonds is 5. The van der Waals surface area contributed by atoms with Crippen LogP contribution in [0.15, 0.2) is 29.2 Å². The van der Waals surface area contributed by atoms with Gasteiger partial charge in [0.1, 0.15) is 0 Å². The zero-order chi connectivity index (χ0) is 11.3. The third-order valence-corrected chi connectivity index (χ3v) is 3.87. The number of hydrogen-bond donors (Lipinski definition) is 1. The number of aryl methyl sites for hydroxylation is 1. The summed E-state index contributed by atoms with van der Waals surface area (Å²) in [6.07, 6.45) is 0.409. The Hall–Kier alpha value is -0.910. The summed E-state index contributed by atoms with van der Waals surface area (Å²) < 4.78 is 23.4. The van der Waals surface area contributed by atoms with Gasteiger partial charge in [0.25, 0.3) is 0 Å². The van der Waals surface area contributed by atoms with Crippen molar-refractivity contribution in [3.05, 3.63) is 29.8 Å². The van der Waals surface area contributed by atoms with Gasteiger partial charge in [-0.3, -0.25) is 0 Å². The Morgan fingerprint density at radius 3 is 2.40 bits per heavy atom. The summed E-state index contributed by atoms with van der Waals surface area (Å²) in [7, 11) is -3.18. The Kier molecular flexibility index (Phi) is 4.26. The number of benzene rings is 1. The van der Waals surface area contributed by atoms with E-state index in [0.29, 0.717) is 11.3 Å². The highest BCUT2D eigenvalue weighted by Crippen LogP contribution is 2.12. The van der Waals surface area contributed by atoms with E-state index in [1.54, 1.807) is 24.3 Å². The second-order valence-electron chi connectivity index (χ2n) is 3.36. The van der Waals surface area contributed by atoms with Crippen molar-refractivity contribution in [3.8, 4) is 0 Å². The summed E-state index contributed by atoms with van der Waals surface area (Å²) in [5.74, 6) is 4.88. The van der Waals surface area contributed by atoms with Crippen LogP contribution in [0.3, 0.4) is 0 Å². The fourth-order valence-corrected chi connectivity index (χ4v) is 2.48. The van der Waals surface area contributed by atoms with Gasteiger partial charge in [0.2, 0.25) is 0 Å². The van der Waals surface area contributed by atoms with Crippen LogP contribution in [0.25, 0.3) is 0 Å². The SMILES string of the molecule is Cc1ccc(S(=O)(=O)CCCON)cc1. The van der Waals surface area contributed by atoms with Crippen LogP contribution in [0, 0.1) is 6.92 Å². The highest BCUT2D eigenvalue weighted by molar-refractivity contribution is 7.91. The molecule has 15 heavy (non-hydrogen) atoms. The molecule has 0 saturated carbocycles. The van der Waals surface area contributed by atoms with E-state index in [1.165, 1.54) is 0 Å². The van der Waals surface area contributed by atoms with E-state index in [4.69, 9.17) is 5.90 Å². The summed E-state index contributed by atoms with van der Waals surface area (Å²) >= 11 is 0. The summed E-state index contributed by atoms with van der Waals surface area (Å²) in [6, 6.07) is 6.81. The molecule has 0 saturated heterocycles. The van der Waals surface area contributed by atoms with Gasteiger partial charge in [-0.2, -0.15) is 0 Å². The molecule has 2 N–H and O–H groups in total. The van der Waals surface area contributed by atoms with Crippen molar-refractivity contribution in [1.29, 1.82) is 0 Å². The van der Waals surface area contributed by atoms with Crippen molar-refractivity contribution in [2.45, 2.75) is 18.2 Å². The molecule has 1 aromatic rings. The van der Waals surface area contributed by atoms with Crippen LogP contribution in [0.1, 0.15) is 12.0 Å². The van der Waals surface area contributed by atoms with E-state index in [0.717, 1.165) is 5.56 Å². The Morgan fingerprint density at radius 2 is 1.87 bits per heavy atom. The molecule has 0 heterocycles. The van der Waals surface area contributed by atoms with Gasteiger partial charge in [-0.25, -0.2) is 14.3 Å². The molecular formula is C10H15NO3S. The Morgan fingerprint density at radius 1 is 1.27 bits per heavy atom. The van der Waals surface area contributed by atoms with Crippen LogP contribution in [-0.2, 0) is 14.7 Å². The van der Waals surface area contributed by atoms with E-state index in [2.05, 4.69) is 4.84 Å². The molecule has 0 amide bonds. The maximum Gasteiger partial charge on any atom is 0.178 e. The number of hydrogen-bond acceptors (Lipinski definition) is 4. The number of nitrogens with two attached hydrogens (primary N) is 1. The lowest BCUT2D eigenvalue weighted by molar-refractivity contribution is 0.139. The first kappa shape index (κ1) is 12.2. The molecule has 0 atom stereocenters. The van der Waals surface area contributed by atoms with E-state index >= 15 is 0 Å². The zero-order valence-corrected chi connectivity index (χ0v) is 9.46. The number of sulfone groups is 1. The van der Waals surface area contributed by atoms with Gasteiger partial charge >= 0.3 is 0 Å². The minimum Gasteiger partial charge on any atom is -0.305 e. The van der Waals surface area contributed by atoms with Crippen LogP contribution in [0.2, 0.25) is 0 Å². The predicted molar refractivity (Wildman–Crippen MR) is 58.0 cm³/mol. The largest absolute Gasteiger partial charge is 0.305 e. The minimum atomic E-state index is -3.18. The lowest BCUT2D eigenvalue weighted by Gasteiger charge is -2.04. The van der Waals surface area contributed by atoms with Gasteiger partial charge in [-0.15, -0.1) is 0 Å². The van der Waals surface area contributed by atoms with Gasteiger partial charge in [0.05, 0.1) is 17.3 Å². The van der Waals surface area contributed by atoms with Crippen LogP contribution in [-0.4, -0.2) is 20.8 Å². The van der Waals surface area contributed by atoms with Crippen LogP contribution in [0.4, 0.5) is 0 Å². The molecule has 0 spiro atoms. The first-order valence-electron chi connectivity index (χ1n) is 4.67. The van der Waals surface area contributed by atoms with Crippen LogP contribution < -0.4 is 5.90 Å². The predicted octanol–water partition coefficient (Wildman–Crippen LogP) is 1.05. The average Bonchev–Trinajstić information content (AvgIpc) is 2.18. The maximum atomic E-state index is 11.7. The Bertz CT molecular complexity index is 397. The lowest BCUT2D eigenvalue weighted by Crippen LogP contribution is -2.11. The molecule has 1 aromatic carbocycles. The van der Waals surface area contributed by atoms with Crippen LogP contribution in [0.5, 0.6) is 0 Å². The molecule has 84 valence electrons. The summed E-state index contributed by atoms with van der Waals surface area (Å²) in [4.78, 5) is 4.68. The monoisotopic (exact) mass is 229 g/mol. The lowest BCUT2D eigenvalue weighted by atomic mass is 10.2.